The maximum atomic E-state index is 13.7. The van der Waals surface area contributed by atoms with Crippen LogP contribution in [0.5, 0.6) is 5.75 Å². The molecule has 1 N–H and O–H groups in total. The van der Waals surface area contributed by atoms with Crippen molar-refractivity contribution in [3.05, 3.63) is 98.7 Å². The number of aromatic nitrogens is 3. The van der Waals surface area contributed by atoms with Gasteiger partial charge in [0.25, 0.3) is 5.56 Å². The van der Waals surface area contributed by atoms with E-state index in [0.717, 1.165) is 44.4 Å². The molecular weight excluding hydrogens is 444 g/mol. The number of hydrogen-bond acceptors (Lipinski definition) is 5. The molecule has 0 fully saturated rings. The summed E-state index contributed by atoms with van der Waals surface area (Å²) in [7, 11) is 4.83. The molecule has 3 aromatic heterocycles. The van der Waals surface area contributed by atoms with Gasteiger partial charge in [0.15, 0.2) is 0 Å². The second kappa shape index (κ2) is 7.53. The Kier molecular flexibility index (Phi) is 4.54. The standard InChI is InChI=1S/C27H24N4O4/c1-15-9-14-20(35-15)22-25-24-21(26(32)30(3)27(33)29(24)2)23(16-10-12-17(34-4)13-11-16)31(25)19-8-6-5-7-18(19)28-22/h5-14,22,28H,1-4H3/t22-/m1/s1. The molecule has 4 heterocycles. The summed E-state index contributed by atoms with van der Waals surface area (Å²) in [5, 5.41) is 4.05. The fraction of sp³-hybridized carbons (Fsp3) is 0.185. The average Bonchev–Trinajstić information content (AvgIpc) is 3.48. The minimum atomic E-state index is -0.411. The molecule has 0 bridgehead atoms. The lowest BCUT2D eigenvalue weighted by atomic mass is 10.1. The minimum Gasteiger partial charge on any atom is -0.497 e. The van der Waals surface area contributed by atoms with Gasteiger partial charge in [-0.2, -0.15) is 0 Å². The van der Waals surface area contributed by atoms with Crippen molar-refractivity contribution in [2.24, 2.45) is 14.1 Å². The average molecular weight is 469 g/mol. The van der Waals surface area contributed by atoms with Crippen LogP contribution in [0, 0.1) is 6.92 Å². The number of furan rings is 1. The van der Waals surface area contributed by atoms with E-state index in [9.17, 15) is 9.59 Å². The molecule has 0 spiro atoms. The Morgan fingerprint density at radius 2 is 1.69 bits per heavy atom. The Morgan fingerprint density at radius 1 is 0.943 bits per heavy atom. The lowest BCUT2D eigenvalue weighted by molar-refractivity contribution is 0.415. The van der Waals surface area contributed by atoms with E-state index in [1.807, 2.05) is 67.6 Å². The number of aryl methyl sites for hydroxylation is 2. The Balaban J connectivity index is 1.84. The van der Waals surface area contributed by atoms with Crippen LogP contribution in [0.4, 0.5) is 5.69 Å². The van der Waals surface area contributed by atoms with Crippen LogP contribution in [0.1, 0.15) is 23.3 Å². The summed E-state index contributed by atoms with van der Waals surface area (Å²) < 4.78 is 16.2. The van der Waals surface area contributed by atoms with Gasteiger partial charge in [-0.3, -0.25) is 13.9 Å². The fourth-order valence-electron chi connectivity index (χ4n) is 5.06. The van der Waals surface area contributed by atoms with E-state index >= 15 is 0 Å². The van der Waals surface area contributed by atoms with Crippen LogP contribution >= 0.6 is 0 Å². The molecule has 0 saturated heterocycles. The fourth-order valence-corrected chi connectivity index (χ4v) is 5.06. The van der Waals surface area contributed by atoms with Gasteiger partial charge in [0.1, 0.15) is 23.3 Å². The number of ether oxygens (including phenoxy) is 1. The zero-order chi connectivity index (χ0) is 24.4. The highest BCUT2D eigenvalue weighted by Crippen LogP contribution is 2.45. The number of benzene rings is 2. The van der Waals surface area contributed by atoms with E-state index < -0.39 is 6.04 Å². The maximum absolute atomic E-state index is 13.7. The number of methoxy groups -OCH3 is 1. The first-order valence-electron chi connectivity index (χ1n) is 11.3. The van der Waals surface area contributed by atoms with Crippen molar-refractivity contribution in [2.75, 3.05) is 12.4 Å². The normalized spacial score (nSPS) is 14.5. The highest BCUT2D eigenvalue weighted by atomic mass is 16.5. The van der Waals surface area contributed by atoms with Crippen molar-refractivity contribution in [1.82, 2.24) is 13.7 Å². The van der Waals surface area contributed by atoms with E-state index in [1.54, 1.807) is 18.7 Å². The molecule has 8 nitrogen and oxygen atoms in total. The molecule has 0 unspecified atom stereocenters. The van der Waals surface area contributed by atoms with Crippen molar-refractivity contribution in [1.29, 1.82) is 0 Å². The Hall–Kier alpha value is -4.46. The Labute approximate surface area is 200 Å². The van der Waals surface area contributed by atoms with Gasteiger partial charge in [0.2, 0.25) is 0 Å². The van der Waals surface area contributed by atoms with E-state index in [2.05, 4.69) is 9.88 Å². The summed E-state index contributed by atoms with van der Waals surface area (Å²) in [4.78, 5) is 26.7. The van der Waals surface area contributed by atoms with E-state index in [1.165, 1.54) is 7.05 Å². The van der Waals surface area contributed by atoms with Gasteiger partial charge in [0, 0.05) is 14.1 Å². The summed E-state index contributed by atoms with van der Waals surface area (Å²) >= 11 is 0. The third-order valence-corrected chi connectivity index (χ3v) is 6.74. The molecule has 1 aliphatic rings. The second-order valence-corrected chi connectivity index (χ2v) is 8.77. The van der Waals surface area contributed by atoms with Crippen LogP contribution in [0.3, 0.4) is 0 Å². The molecule has 1 aliphatic heterocycles. The molecule has 1 atom stereocenters. The van der Waals surface area contributed by atoms with Crippen molar-refractivity contribution in [3.8, 4) is 22.7 Å². The zero-order valence-electron chi connectivity index (χ0n) is 19.8. The smallest absolute Gasteiger partial charge is 0.331 e. The lowest BCUT2D eigenvalue weighted by Crippen LogP contribution is -2.37. The Morgan fingerprint density at radius 3 is 2.37 bits per heavy atom. The van der Waals surface area contributed by atoms with Gasteiger partial charge in [-0.05, 0) is 61.0 Å². The van der Waals surface area contributed by atoms with E-state index in [0.29, 0.717) is 16.7 Å². The molecule has 6 rings (SSSR count). The molecular formula is C27H24N4O4. The van der Waals surface area contributed by atoms with E-state index in [4.69, 9.17) is 9.15 Å². The van der Waals surface area contributed by atoms with Crippen molar-refractivity contribution < 1.29 is 9.15 Å². The lowest BCUT2D eigenvalue weighted by Gasteiger charge is -2.29. The summed E-state index contributed by atoms with van der Waals surface area (Å²) in [6.07, 6.45) is 0. The number of fused-ring (bicyclic) bond motifs is 5. The van der Waals surface area contributed by atoms with Crippen LogP contribution in [-0.2, 0) is 14.1 Å². The Bertz CT molecular complexity index is 1730. The second-order valence-electron chi connectivity index (χ2n) is 8.77. The first-order valence-corrected chi connectivity index (χ1v) is 11.3. The predicted octanol–water partition coefficient (Wildman–Crippen LogP) is 4.12. The van der Waals surface area contributed by atoms with Crippen LogP contribution in [0.15, 0.2) is 74.7 Å². The van der Waals surface area contributed by atoms with Crippen LogP contribution in [0.2, 0.25) is 0 Å². The molecule has 0 amide bonds. The van der Waals surface area contributed by atoms with Crippen LogP contribution in [0.25, 0.3) is 27.8 Å². The van der Waals surface area contributed by atoms with Gasteiger partial charge in [0.05, 0.1) is 40.8 Å². The topological polar surface area (TPSA) is 83.3 Å². The first-order chi connectivity index (χ1) is 16.9. The first kappa shape index (κ1) is 21.1. The number of anilines is 1. The monoisotopic (exact) mass is 468 g/mol. The van der Waals surface area contributed by atoms with E-state index in [-0.39, 0.29) is 11.2 Å². The minimum absolute atomic E-state index is 0.345. The quantitative estimate of drug-likeness (QED) is 0.431. The van der Waals surface area contributed by atoms with Crippen LogP contribution < -0.4 is 21.3 Å². The molecule has 0 saturated carbocycles. The molecule has 5 aromatic rings. The SMILES string of the molecule is COc1ccc(-c2c3c(=O)n(C)c(=O)n(C)c3c3n2-c2ccccc2N[C@@H]3c2ccc(C)o2)cc1. The third kappa shape index (κ3) is 2.92. The van der Waals surface area contributed by atoms with Gasteiger partial charge in [-0.25, -0.2) is 4.79 Å². The number of rotatable bonds is 3. The van der Waals surface area contributed by atoms with Gasteiger partial charge < -0.3 is 19.0 Å². The highest BCUT2D eigenvalue weighted by molar-refractivity contribution is 5.99. The number of nitrogens with one attached hydrogen (secondary N) is 1. The zero-order valence-corrected chi connectivity index (χ0v) is 19.8. The largest absolute Gasteiger partial charge is 0.497 e. The van der Waals surface area contributed by atoms with Gasteiger partial charge >= 0.3 is 5.69 Å². The summed E-state index contributed by atoms with van der Waals surface area (Å²) in [6.45, 7) is 1.89. The molecule has 35 heavy (non-hydrogen) atoms. The van der Waals surface area contributed by atoms with Crippen molar-refractivity contribution in [3.63, 3.8) is 0 Å². The summed E-state index contributed by atoms with van der Waals surface area (Å²) in [5.41, 5.74) is 3.96. The molecule has 176 valence electrons. The molecule has 8 heteroatoms. The highest BCUT2D eigenvalue weighted by Gasteiger charge is 2.35. The molecule has 0 aliphatic carbocycles. The maximum Gasteiger partial charge on any atom is 0.331 e. The summed E-state index contributed by atoms with van der Waals surface area (Å²) in [6, 6.07) is 19.0. The summed E-state index contributed by atoms with van der Waals surface area (Å²) in [5.74, 6) is 2.20. The van der Waals surface area contributed by atoms with Gasteiger partial charge in [-0.1, -0.05) is 12.1 Å². The molecule has 2 aromatic carbocycles. The van der Waals surface area contributed by atoms with Crippen molar-refractivity contribution in [2.45, 2.75) is 13.0 Å². The van der Waals surface area contributed by atoms with Gasteiger partial charge in [-0.15, -0.1) is 0 Å². The van der Waals surface area contributed by atoms with Crippen molar-refractivity contribution >= 4 is 16.6 Å². The third-order valence-electron chi connectivity index (χ3n) is 6.74. The number of para-hydroxylation sites is 2. The predicted molar refractivity (Wildman–Crippen MR) is 135 cm³/mol. The number of hydrogen-bond donors (Lipinski definition) is 1. The number of nitrogens with zero attached hydrogens (tertiary/aromatic N) is 3. The molecule has 0 radical (unpaired) electrons. The van der Waals surface area contributed by atoms with Crippen LogP contribution in [-0.4, -0.2) is 20.8 Å².